The van der Waals surface area contributed by atoms with Gasteiger partial charge in [0.25, 0.3) is 5.91 Å². The van der Waals surface area contributed by atoms with Gasteiger partial charge < -0.3 is 14.4 Å². The van der Waals surface area contributed by atoms with Crippen molar-refractivity contribution in [3.8, 4) is 0 Å². The number of fused-ring (bicyclic) bond motifs is 3. The van der Waals surface area contributed by atoms with Crippen LogP contribution >= 0.6 is 0 Å². The molecule has 36 heavy (non-hydrogen) atoms. The van der Waals surface area contributed by atoms with Crippen LogP contribution in [0.2, 0.25) is 0 Å². The van der Waals surface area contributed by atoms with Gasteiger partial charge in [-0.25, -0.2) is 4.79 Å². The largest absolute Gasteiger partial charge is 0.464 e. The number of piperidine rings is 1. The number of rotatable bonds is 0. The Bertz CT molecular complexity index is 836. The molecule has 0 aromatic rings. The Morgan fingerprint density at radius 1 is 0.889 bits per heavy atom. The van der Waals surface area contributed by atoms with Crippen molar-refractivity contribution < 1.29 is 28.7 Å². The molecule has 1 amide bonds. The summed E-state index contributed by atoms with van der Waals surface area (Å²) in [6, 6.07) is -0.734. The molecule has 7 heteroatoms. The number of allylic oxidation sites excluding steroid dienone is 2. The Morgan fingerprint density at radius 3 is 2.42 bits per heavy atom. The molecule has 0 radical (unpaired) electrons. The van der Waals surface area contributed by atoms with E-state index < -0.39 is 29.8 Å². The summed E-state index contributed by atoms with van der Waals surface area (Å²) in [7, 11) is 0. The first-order valence-corrected chi connectivity index (χ1v) is 14.0. The molecule has 2 saturated heterocycles. The normalized spacial score (nSPS) is 36.2. The smallest absolute Gasteiger partial charge is 0.328 e. The van der Waals surface area contributed by atoms with Gasteiger partial charge in [-0.15, -0.1) is 0 Å². The number of ether oxygens (including phenoxy) is 2. The molecule has 6 unspecified atom stereocenters. The van der Waals surface area contributed by atoms with Crippen LogP contribution in [-0.4, -0.2) is 59.7 Å². The van der Waals surface area contributed by atoms with Crippen molar-refractivity contribution >= 4 is 23.4 Å². The highest BCUT2D eigenvalue weighted by molar-refractivity contribution is 6.38. The van der Waals surface area contributed by atoms with Crippen LogP contribution in [0.25, 0.3) is 0 Å². The van der Waals surface area contributed by atoms with Gasteiger partial charge in [-0.05, 0) is 82.5 Å². The number of hydrogen-bond donors (Lipinski definition) is 0. The Balaban J connectivity index is 1.77. The van der Waals surface area contributed by atoms with Crippen LogP contribution in [0.1, 0.15) is 98.3 Å². The summed E-state index contributed by atoms with van der Waals surface area (Å²) >= 11 is 0. The highest BCUT2D eigenvalue weighted by Gasteiger charge is 2.42. The molecule has 0 aromatic carbocycles. The molecule has 7 nitrogen and oxygen atoms in total. The monoisotopic (exact) mass is 503 g/mol. The molecule has 0 N–H and O–H groups in total. The molecule has 3 rings (SSSR count). The number of carbonyl (C=O) groups is 4. The van der Waals surface area contributed by atoms with Gasteiger partial charge in [0, 0.05) is 19.4 Å². The van der Waals surface area contributed by atoms with Crippen molar-refractivity contribution in [1.29, 1.82) is 0 Å². The van der Waals surface area contributed by atoms with E-state index in [9.17, 15) is 19.2 Å². The molecular formula is C29H45NO6. The zero-order valence-corrected chi connectivity index (χ0v) is 22.6. The third kappa shape index (κ3) is 7.99. The molecular weight excluding hydrogens is 458 g/mol. The maximum absolute atomic E-state index is 13.3. The first kappa shape index (κ1) is 28.5. The third-order valence-electron chi connectivity index (χ3n) is 8.06. The van der Waals surface area contributed by atoms with E-state index in [4.69, 9.17) is 9.47 Å². The molecule has 3 aliphatic rings. The minimum absolute atomic E-state index is 0.0320. The van der Waals surface area contributed by atoms with Crippen molar-refractivity contribution in [3.63, 3.8) is 0 Å². The summed E-state index contributed by atoms with van der Waals surface area (Å²) in [6.45, 7) is 8.80. The van der Waals surface area contributed by atoms with E-state index in [-0.39, 0.29) is 30.3 Å². The topological polar surface area (TPSA) is 90.0 Å². The molecule has 6 atom stereocenters. The van der Waals surface area contributed by atoms with Gasteiger partial charge in [0.1, 0.15) is 17.9 Å². The minimum Gasteiger partial charge on any atom is -0.464 e. The fourth-order valence-corrected chi connectivity index (χ4v) is 5.63. The second kappa shape index (κ2) is 13.5. The Kier molecular flexibility index (Phi) is 10.7. The Labute approximate surface area is 216 Å². The van der Waals surface area contributed by atoms with Gasteiger partial charge in [0.15, 0.2) is 0 Å². The molecule has 3 aliphatic heterocycles. The minimum atomic E-state index is -0.757. The van der Waals surface area contributed by atoms with E-state index in [0.29, 0.717) is 38.1 Å². The number of amides is 1. The van der Waals surface area contributed by atoms with Crippen molar-refractivity contribution in [3.05, 3.63) is 11.6 Å². The molecule has 0 aliphatic carbocycles. The van der Waals surface area contributed by atoms with Crippen molar-refractivity contribution in [2.24, 2.45) is 17.8 Å². The Hall–Kier alpha value is -2.02. The predicted molar refractivity (Wildman–Crippen MR) is 137 cm³/mol. The summed E-state index contributed by atoms with van der Waals surface area (Å²) in [5, 5.41) is 0. The second-order valence-electron chi connectivity index (χ2n) is 11.6. The van der Waals surface area contributed by atoms with E-state index in [1.165, 1.54) is 10.5 Å². The maximum atomic E-state index is 13.3. The number of carbonyl (C=O) groups excluding carboxylic acids is 4. The van der Waals surface area contributed by atoms with E-state index in [2.05, 4.69) is 13.8 Å². The average molecular weight is 504 g/mol. The lowest BCUT2D eigenvalue weighted by Crippen LogP contribution is -2.54. The fourth-order valence-electron chi connectivity index (χ4n) is 5.63. The highest BCUT2D eigenvalue weighted by atomic mass is 16.5. The van der Waals surface area contributed by atoms with E-state index >= 15 is 0 Å². The van der Waals surface area contributed by atoms with E-state index in [0.717, 1.165) is 44.9 Å². The molecule has 2 bridgehead atoms. The third-order valence-corrected chi connectivity index (χ3v) is 8.06. The van der Waals surface area contributed by atoms with Gasteiger partial charge in [0.05, 0.1) is 12.7 Å². The van der Waals surface area contributed by atoms with Crippen LogP contribution in [0, 0.1) is 17.8 Å². The molecule has 3 heterocycles. The van der Waals surface area contributed by atoms with Gasteiger partial charge in [0.2, 0.25) is 5.78 Å². The highest BCUT2D eigenvalue weighted by Crippen LogP contribution is 2.31. The molecule has 2 fully saturated rings. The summed E-state index contributed by atoms with van der Waals surface area (Å²) in [5.74, 6) is -0.950. The number of Topliss-reactive ketones (excluding diaryl/α,β-unsaturated/α-hetero) is 2. The van der Waals surface area contributed by atoms with Crippen LogP contribution in [-0.2, 0) is 28.7 Å². The molecule has 202 valence electrons. The molecule has 0 aromatic heterocycles. The zero-order valence-electron chi connectivity index (χ0n) is 22.6. The van der Waals surface area contributed by atoms with Crippen molar-refractivity contribution in [1.82, 2.24) is 4.90 Å². The predicted octanol–water partition coefficient (Wildman–Crippen LogP) is 4.81. The lowest BCUT2D eigenvalue weighted by Gasteiger charge is -2.37. The number of ketones is 2. The quantitative estimate of drug-likeness (QED) is 0.268. The lowest BCUT2D eigenvalue weighted by molar-refractivity contribution is -0.166. The van der Waals surface area contributed by atoms with E-state index in [1.807, 2.05) is 19.9 Å². The standard InChI is InChI=1S/C29H45NO6/c1-19-8-12-23(31)13-9-21(3)18-35-29(34)25-7-5-6-16-30(25)28(33)26(32)27-22(4)11-15-24(36-27)14-10-20(2)17-19/h8,20-22,24-25,27H,5-7,9-18H2,1-4H3/b19-8-. The fraction of sp³-hybridized carbons (Fsp3) is 0.793. The number of cyclic esters (lactones) is 1. The van der Waals surface area contributed by atoms with Crippen molar-refractivity contribution in [2.75, 3.05) is 13.2 Å². The first-order valence-electron chi connectivity index (χ1n) is 14.0. The second-order valence-corrected chi connectivity index (χ2v) is 11.6. The Morgan fingerprint density at radius 2 is 1.64 bits per heavy atom. The van der Waals surface area contributed by atoms with Crippen LogP contribution in [0.5, 0.6) is 0 Å². The molecule has 0 saturated carbocycles. The zero-order chi connectivity index (χ0) is 26.2. The average Bonchev–Trinajstić information content (AvgIpc) is 2.87. The van der Waals surface area contributed by atoms with E-state index in [1.54, 1.807) is 0 Å². The van der Waals surface area contributed by atoms with Gasteiger partial charge >= 0.3 is 5.97 Å². The van der Waals surface area contributed by atoms with Crippen LogP contribution < -0.4 is 0 Å². The van der Waals surface area contributed by atoms with Crippen LogP contribution in [0.4, 0.5) is 0 Å². The number of esters is 1. The van der Waals surface area contributed by atoms with Gasteiger partial charge in [-0.2, -0.15) is 0 Å². The van der Waals surface area contributed by atoms with Crippen molar-refractivity contribution in [2.45, 2.75) is 117 Å². The number of nitrogens with zero attached hydrogens (tertiary/aromatic N) is 1. The summed E-state index contributed by atoms with van der Waals surface area (Å²) in [6.07, 6.45) is 9.32. The number of hydrogen-bond acceptors (Lipinski definition) is 6. The summed E-state index contributed by atoms with van der Waals surface area (Å²) in [4.78, 5) is 53.4. The SMILES string of the molecule is C/C1=C/CC(=O)CCC(C)COC(=O)C2CCCCN2C(=O)C(=O)C2OC(CCC(C)C1)CCC2C. The summed E-state index contributed by atoms with van der Waals surface area (Å²) in [5.41, 5.74) is 1.22. The van der Waals surface area contributed by atoms with Crippen LogP contribution in [0.3, 0.4) is 0 Å². The van der Waals surface area contributed by atoms with Crippen LogP contribution in [0.15, 0.2) is 11.6 Å². The lowest BCUT2D eigenvalue weighted by atomic mass is 9.87. The van der Waals surface area contributed by atoms with Gasteiger partial charge in [-0.3, -0.25) is 14.4 Å². The first-order chi connectivity index (χ1) is 17.2. The summed E-state index contributed by atoms with van der Waals surface area (Å²) < 4.78 is 11.8. The van der Waals surface area contributed by atoms with Gasteiger partial charge in [-0.1, -0.05) is 32.4 Å². The molecule has 0 spiro atoms. The maximum Gasteiger partial charge on any atom is 0.328 e.